The van der Waals surface area contributed by atoms with Crippen LogP contribution in [0.3, 0.4) is 0 Å². The standard InChI is InChI=1S/C10H15N3O4/c11-8-3-4-13(10(16)12-8)9-2-1-7(17-9)6(15)5-14/h3-4,6-7,9,14-15H,1-2,5H2,(H2,11,12,16)/t6-,7+,9-/m0/s1. The quantitative estimate of drug-likeness (QED) is 0.616. The normalized spacial score (nSPS) is 26.0. The Morgan fingerprint density at radius 3 is 3.06 bits per heavy atom. The molecule has 1 fully saturated rings. The largest absolute Gasteiger partial charge is 0.394 e. The summed E-state index contributed by atoms with van der Waals surface area (Å²) in [5.74, 6) is 0.163. The number of rotatable bonds is 3. The second-order valence-corrected chi connectivity index (χ2v) is 4.00. The van der Waals surface area contributed by atoms with Gasteiger partial charge >= 0.3 is 5.69 Å². The van der Waals surface area contributed by atoms with Gasteiger partial charge in [-0.3, -0.25) is 4.57 Å². The minimum Gasteiger partial charge on any atom is -0.394 e. The number of nitrogen functional groups attached to an aromatic ring is 1. The third-order valence-electron chi connectivity index (χ3n) is 2.81. The Morgan fingerprint density at radius 2 is 2.41 bits per heavy atom. The maximum Gasteiger partial charge on any atom is 0.351 e. The molecule has 1 aromatic heterocycles. The van der Waals surface area contributed by atoms with Gasteiger partial charge in [0.15, 0.2) is 0 Å². The molecule has 1 saturated heterocycles. The lowest BCUT2D eigenvalue weighted by Gasteiger charge is -2.18. The molecule has 0 aliphatic carbocycles. The summed E-state index contributed by atoms with van der Waals surface area (Å²) in [6, 6.07) is 1.51. The Kier molecular flexibility index (Phi) is 3.41. The van der Waals surface area contributed by atoms with Crippen LogP contribution in [0.25, 0.3) is 0 Å². The van der Waals surface area contributed by atoms with Crippen molar-refractivity contribution < 1.29 is 14.9 Å². The number of ether oxygens (including phenoxy) is 1. The molecule has 0 amide bonds. The fourth-order valence-corrected chi connectivity index (χ4v) is 1.90. The minimum absolute atomic E-state index is 0.163. The van der Waals surface area contributed by atoms with Crippen LogP contribution < -0.4 is 11.4 Å². The van der Waals surface area contributed by atoms with Crippen LogP contribution in [0.5, 0.6) is 0 Å². The zero-order valence-corrected chi connectivity index (χ0v) is 9.19. The molecule has 4 N–H and O–H groups in total. The predicted octanol–water partition coefficient (Wildman–Crippen LogP) is -1.14. The second kappa shape index (κ2) is 4.82. The summed E-state index contributed by atoms with van der Waals surface area (Å²) >= 11 is 0. The highest BCUT2D eigenvalue weighted by atomic mass is 16.5. The van der Waals surface area contributed by atoms with Crippen molar-refractivity contribution >= 4 is 5.82 Å². The topological polar surface area (TPSA) is 111 Å². The first-order valence-corrected chi connectivity index (χ1v) is 5.41. The monoisotopic (exact) mass is 241 g/mol. The van der Waals surface area contributed by atoms with Gasteiger partial charge in [0.2, 0.25) is 0 Å². The second-order valence-electron chi connectivity index (χ2n) is 4.00. The summed E-state index contributed by atoms with van der Waals surface area (Å²) in [4.78, 5) is 15.2. The lowest BCUT2D eigenvalue weighted by Crippen LogP contribution is -2.31. The van der Waals surface area contributed by atoms with Crippen LogP contribution >= 0.6 is 0 Å². The molecule has 2 heterocycles. The molecule has 0 spiro atoms. The molecule has 7 nitrogen and oxygen atoms in total. The molecule has 0 aromatic carbocycles. The van der Waals surface area contributed by atoms with Crippen LogP contribution in [0, 0.1) is 0 Å². The molecule has 7 heteroatoms. The van der Waals surface area contributed by atoms with Gasteiger partial charge in [-0.25, -0.2) is 4.79 Å². The first kappa shape index (κ1) is 12.0. The van der Waals surface area contributed by atoms with E-state index in [0.29, 0.717) is 12.8 Å². The van der Waals surface area contributed by atoms with Crippen molar-refractivity contribution in [2.75, 3.05) is 12.3 Å². The van der Waals surface area contributed by atoms with E-state index in [1.807, 2.05) is 0 Å². The number of hydrogen-bond acceptors (Lipinski definition) is 6. The van der Waals surface area contributed by atoms with Gasteiger partial charge < -0.3 is 20.7 Å². The average molecular weight is 241 g/mol. The maximum atomic E-state index is 11.6. The zero-order chi connectivity index (χ0) is 12.4. The van der Waals surface area contributed by atoms with Crippen LogP contribution in [0.15, 0.2) is 17.1 Å². The minimum atomic E-state index is -0.919. The van der Waals surface area contributed by atoms with E-state index in [1.165, 1.54) is 16.8 Å². The molecular weight excluding hydrogens is 226 g/mol. The Bertz CT molecular complexity index is 447. The van der Waals surface area contributed by atoms with Crippen LogP contribution in [0.1, 0.15) is 19.1 Å². The van der Waals surface area contributed by atoms with Gasteiger partial charge in [0.1, 0.15) is 18.1 Å². The van der Waals surface area contributed by atoms with Gasteiger partial charge in [-0.15, -0.1) is 0 Å². The van der Waals surface area contributed by atoms with Crippen molar-refractivity contribution in [1.29, 1.82) is 0 Å². The van der Waals surface area contributed by atoms with Crippen LogP contribution in [0.2, 0.25) is 0 Å². The third-order valence-corrected chi connectivity index (χ3v) is 2.81. The summed E-state index contributed by atoms with van der Waals surface area (Å²) < 4.78 is 6.83. The number of hydrogen-bond donors (Lipinski definition) is 3. The van der Waals surface area contributed by atoms with Crippen LogP contribution in [-0.2, 0) is 4.74 Å². The molecule has 0 unspecified atom stereocenters. The predicted molar refractivity (Wildman–Crippen MR) is 59.1 cm³/mol. The fraction of sp³-hybridized carbons (Fsp3) is 0.600. The van der Waals surface area contributed by atoms with Gasteiger partial charge in [-0.05, 0) is 18.9 Å². The smallest absolute Gasteiger partial charge is 0.351 e. The molecule has 0 saturated carbocycles. The number of anilines is 1. The summed E-state index contributed by atoms with van der Waals surface area (Å²) in [6.07, 6.45) is 0.869. The highest BCUT2D eigenvalue weighted by Crippen LogP contribution is 2.28. The number of aliphatic hydroxyl groups is 2. The van der Waals surface area contributed by atoms with E-state index in [2.05, 4.69) is 4.98 Å². The van der Waals surface area contributed by atoms with Crippen molar-refractivity contribution in [2.45, 2.75) is 31.3 Å². The van der Waals surface area contributed by atoms with Gasteiger partial charge in [0.05, 0.1) is 12.7 Å². The molecule has 0 bridgehead atoms. The summed E-state index contributed by atoms with van der Waals surface area (Å²) in [6.45, 7) is -0.355. The molecule has 3 atom stereocenters. The number of aliphatic hydroxyl groups excluding tert-OH is 2. The SMILES string of the molecule is Nc1ccn([C@@H]2CC[C@H]([C@@H](O)CO)O2)c(=O)n1. The Hall–Kier alpha value is -1.44. The van der Waals surface area contributed by atoms with Crippen molar-refractivity contribution in [2.24, 2.45) is 0 Å². The first-order valence-electron chi connectivity index (χ1n) is 5.41. The average Bonchev–Trinajstić information content (AvgIpc) is 2.77. The van der Waals surface area contributed by atoms with Gasteiger partial charge in [-0.2, -0.15) is 4.98 Å². The fourth-order valence-electron chi connectivity index (χ4n) is 1.90. The van der Waals surface area contributed by atoms with Gasteiger partial charge in [0.25, 0.3) is 0 Å². The lowest BCUT2D eigenvalue weighted by atomic mass is 10.1. The molecule has 1 aliphatic rings. The van der Waals surface area contributed by atoms with E-state index in [4.69, 9.17) is 15.6 Å². The molecule has 2 rings (SSSR count). The number of nitrogens with two attached hydrogens (primary N) is 1. The third kappa shape index (κ3) is 2.46. The van der Waals surface area contributed by atoms with Crippen molar-refractivity contribution in [3.63, 3.8) is 0 Å². The van der Waals surface area contributed by atoms with Gasteiger partial charge in [-0.1, -0.05) is 0 Å². The number of aromatic nitrogens is 2. The maximum absolute atomic E-state index is 11.6. The van der Waals surface area contributed by atoms with E-state index in [0.717, 1.165) is 0 Å². The van der Waals surface area contributed by atoms with E-state index in [-0.39, 0.29) is 12.4 Å². The molecule has 1 aliphatic heterocycles. The summed E-state index contributed by atoms with van der Waals surface area (Å²) in [7, 11) is 0. The van der Waals surface area contributed by atoms with Crippen molar-refractivity contribution in [3.8, 4) is 0 Å². The van der Waals surface area contributed by atoms with Crippen molar-refractivity contribution in [1.82, 2.24) is 9.55 Å². The van der Waals surface area contributed by atoms with Crippen LogP contribution in [0.4, 0.5) is 5.82 Å². The molecule has 0 radical (unpaired) electrons. The molecular formula is C10H15N3O4. The van der Waals surface area contributed by atoms with Crippen LogP contribution in [-0.4, -0.2) is 38.6 Å². The number of nitrogens with zero attached hydrogens (tertiary/aromatic N) is 2. The zero-order valence-electron chi connectivity index (χ0n) is 9.19. The summed E-state index contributed by atoms with van der Waals surface area (Å²) in [5.41, 5.74) is 4.91. The van der Waals surface area contributed by atoms with E-state index in [1.54, 1.807) is 0 Å². The lowest BCUT2D eigenvalue weighted by molar-refractivity contribution is -0.0751. The highest BCUT2D eigenvalue weighted by Gasteiger charge is 2.31. The molecule has 17 heavy (non-hydrogen) atoms. The first-order chi connectivity index (χ1) is 8.11. The van der Waals surface area contributed by atoms with E-state index >= 15 is 0 Å². The molecule has 1 aromatic rings. The summed E-state index contributed by atoms with van der Waals surface area (Å²) in [5, 5.41) is 18.3. The van der Waals surface area contributed by atoms with Crippen molar-refractivity contribution in [3.05, 3.63) is 22.7 Å². The van der Waals surface area contributed by atoms with E-state index in [9.17, 15) is 9.90 Å². The molecule has 94 valence electrons. The Labute approximate surface area is 97.5 Å². The Balaban J connectivity index is 2.12. The van der Waals surface area contributed by atoms with Gasteiger partial charge in [0, 0.05) is 6.20 Å². The Morgan fingerprint density at radius 1 is 1.65 bits per heavy atom. The highest BCUT2D eigenvalue weighted by molar-refractivity contribution is 5.23. The van der Waals surface area contributed by atoms with E-state index < -0.39 is 24.1 Å².